The van der Waals surface area contributed by atoms with Crippen LogP contribution in [0, 0.1) is 6.92 Å². The fourth-order valence-electron chi connectivity index (χ4n) is 1.39. The molecule has 0 saturated carbocycles. The van der Waals surface area contributed by atoms with Crippen LogP contribution in [0.3, 0.4) is 0 Å². The lowest BCUT2D eigenvalue weighted by Gasteiger charge is -2.08. The standard InChI is InChI=1S/C12H11ClN4O/c1-7-4-5-15-6-9(7)16-12(18)11-8(13)2-3-10(14)17-11/h2-6H,1H3,(H2,14,17)(H,16,18). The molecule has 92 valence electrons. The van der Waals surface area contributed by atoms with Gasteiger partial charge in [0.15, 0.2) is 0 Å². The van der Waals surface area contributed by atoms with Crippen LogP contribution in [0.4, 0.5) is 11.5 Å². The van der Waals surface area contributed by atoms with Gasteiger partial charge in [0, 0.05) is 6.20 Å². The van der Waals surface area contributed by atoms with Crippen molar-refractivity contribution >= 4 is 29.0 Å². The molecule has 0 radical (unpaired) electrons. The van der Waals surface area contributed by atoms with Crippen LogP contribution in [0.5, 0.6) is 0 Å². The maximum atomic E-state index is 12.0. The Kier molecular flexibility index (Phi) is 3.43. The number of hydrogen-bond donors (Lipinski definition) is 2. The van der Waals surface area contributed by atoms with Crippen molar-refractivity contribution < 1.29 is 4.79 Å². The Balaban J connectivity index is 2.28. The number of aryl methyl sites for hydroxylation is 1. The molecule has 2 aromatic heterocycles. The highest BCUT2D eigenvalue weighted by Crippen LogP contribution is 2.18. The second-order valence-electron chi connectivity index (χ2n) is 3.71. The lowest BCUT2D eigenvalue weighted by Crippen LogP contribution is -2.15. The highest BCUT2D eigenvalue weighted by atomic mass is 35.5. The van der Waals surface area contributed by atoms with Crippen molar-refractivity contribution in [2.24, 2.45) is 0 Å². The van der Waals surface area contributed by atoms with Crippen LogP contribution in [0.25, 0.3) is 0 Å². The molecule has 0 atom stereocenters. The third kappa shape index (κ3) is 2.57. The van der Waals surface area contributed by atoms with Gasteiger partial charge in [0.05, 0.1) is 16.9 Å². The molecule has 3 N–H and O–H groups in total. The van der Waals surface area contributed by atoms with Gasteiger partial charge in [-0.15, -0.1) is 0 Å². The topological polar surface area (TPSA) is 80.9 Å². The summed E-state index contributed by atoms with van der Waals surface area (Å²) in [5.74, 6) is -0.171. The number of aromatic nitrogens is 2. The van der Waals surface area contributed by atoms with Crippen LogP contribution < -0.4 is 11.1 Å². The summed E-state index contributed by atoms with van der Waals surface area (Å²) in [6, 6.07) is 4.87. The van der Waals surface area contributed by atoms with Gasteiger partial charge in [0.25, 0.3) is 5.91 Å². The van der Waals surface area contributed by atoms with E-state index in [4.69, 9.17) is 17.3 Å². The molecule has 0 fully saturated rings. The number of hydrogen-bond acceptors (Lipinski definition) is 4. The molecule has 0 spiro atoms. The van der Waals surface area contributed by atoms with E-state index in [1.54, 1.807) is 18.5 Å². The zero-order chi connectivity index (χ0) is 13.1. The van der Waals surface area contributed by atoms with Gasteiger partial charge in [0.2, 0.25) is 0 Å². The second kappa shape index (κ2) is 5.01. The summed E-state index contributed by atoms with van der Waals surface area (Å²) in [7, 11) is 0. The van der Waals surface area contributed by atoms with E-state index in [2.05, 4.69) is 15.3 Å². The van der Waals surface area contributed by atoms with Gasteiger partial charge in [-0.25, -0.2) is 4.98 Å². The quantitative estimate of drug-likeness (QED) is 0.870. The molecule has 2 heterocycles. The minimum absolute atomic E-state index is 0.0971. The first-order valence-corrected chi connectivity index (χ1v) is 5.59. The van der Waals surface area contributed by atoms with Crippen molar-refractivity contribution in [3.05, 3.63) is 46.9 Å². The number of nitrogen functional groups attached to an aromatic ring is 1. The average Bonchev–Trinajstić information content (AvgIpc) is 2.35. The molecular weight excluding hydrogens is 252 g/mol. The molecule has 0 aliphatic rings. The summed E-state index contributed by atoms with van der Waals surface area (Å²) in [5, 5.41) is 2.94. The number of anilines is 2. The van der Waals surface area contributed by atoms with E-state index in [1.165, 1.54) is 12.1 Å². The summed E-state index contributed by atoms with van der Waals surface area (Å²) in [5.41, 5.74) is 7.14. The normalized spacial score (nSPS) is 10.1. The second-order valence-corrected chi connectivity index (χ2v) is 4.12. The number of carbonyl (C=O) groups excluding carboxylic acids is 1. The van der Waals surface area contributed by atoms with Gasteiger partial charge in [-0.2, -0.15) is 0 Å². The smallest absolute Gasteiger partial charge is 0.275 e. The fraction of sp³-hybridized carbons (Fsp3) is 0.0833. The lowest BCUT2D eigenvalue weighted by atomic mass is 10.2. The Morgan fingerprint density at radius 1 is 1.39 bits per heavy atom. The van der Waals surface area contributed by atoms with Crippen LogP contribution in [0.2, 0.25) is 5.02 Å². The Labute approximate surface area is 109 Å². The van der Waals surface area contributed by atoms with E-state index in [9.17, 15) is 4.79 Å². The maximum Gasteiger partial charge on any atom is 0.275 e. The molecule has 0 aliphatic heterocycles. The van der Waals surface area contributed by atoms with Gasteiger partial charge in [-0.1, -0.05) is 11.6 Å². The predicted molar refractivity (Wildman–Crippen MR) is 70.6 cm³/mol. The Hall–Kier alpha value is -2.14. The first kappa shape index (κ1) is 12.3. The van der Waals surface area contributed by atoms with Crippen LogP contribution in [0.1, 0.15) is 16.1 Å². The molecule has 6 heteroatoms. The molecule has 5 nitrogen and oxygen atoms in total. The van der Waals surface area contributed by atoms with Crippen LogP contribution in [0.15, 0.2) is 30.6 Å². The molecule has 0 bridgehead atoms. The van der Waals surface area contributed by atoms with E-state index in [0.29, 0.717) is 5.69 Å². The molecule has 0 saturated heterocycles. The number of nitrogens with two attached hydrogens (primary N) is 1. The van der Waals surface area contributed by atoms with Crippen molar-refractivity contribution in [2.45, 2.75) is 6.92 Å². The van der Waals surface area contributed by atoms with Gasteiger partial charge in [0.1, 0.15) is 11.5 Å². The summed E-state index contributed by atoms with van der Waals surface area (Å²) in [6.45, 7) is 1.87. The molecule has 0 aromatic carbocycles. The van der Waals surface area contributed by atoms with Crippen molar-refractivity contribution in [3.8, 4) is 0 Å². The van der Waals surface area contributed by atoms with Crippen LogP contribution in [-0.2, 0) is 0 Å². The van der Waals surface area contributed by atoms with E-state index >= 15 is 0 Å². The van der Waals surface area contributed by atoms with Crippen molar-refractivity contribution in [2.75, 3.05) is 11.1 Å². The first-order valence-electron chi connectivity index (χ1n) is 5.22. The third-order valence-electron chi connectivity index (χ3n) is 2.37. The number of pyridine rings is 2. The molecule has 0 unspecified atom stereocenters. The number of nitrogens with one attached hydrogen (secondary N) is 1. The van der Waals surface area contributed by atoms with Crippen molar-refractivity contribution in [3.63, 3.8) is 0 Å². The summed E-state index contributed by atoms with van der Waals surface area (Å²) >= 11 is 5.90. The molecule has 2 rings (SSSR count). The zero-order valence-electron chi connectivity index (χ0n) is 9.64. The number of carbonyl (C=O) groups is 1. The minimum Gasteiger partial charge on any atom is -0.384 e. The number of rotatable bonds is 2. The number of nitrogens with zero attached hydrogens (tertiary/aromatic N) is 2. The SMILES string of the molecule is Cc1ccncc1NC(=O)c1nc(N)ccc1Cl. The first-order chi connectivity index (χ1) is 8.58. The molecular formula is C12H11ClN4O. The van der Waals surface area contributed by atoms with Crippen molar-refractivity contribution in [1.82, 2.24) is 9.97 Å². The highest BCUT2D eigenvalue weighted by molar-refractivity contribution is 6.34. The van der Waals surface area contributed by atoms with Gasteiger partial charge in [-0.05, 0) is 30.7 Å². The van der Waals surface area contributed by atoms with Crippen molar-refractivity contribution in [1.29, 1.82) is 0 Å². The number of halogens is 1. The highest BCUT2D eigenvalue weighted by Gasteiger charge is 2.13. The van der Waals surface area contributed by atoms with Gasteiger partial charge < -0.3 is 11.1 Å². The van der Waals surface area contributed by atoms with E-state index < -0.39 is 5.91 Å². The van der Waals surface area contributed by atoms with E-state index in [-0.39, 0.29) is 16.5 Å². The van der Waals surface area contributed by atoms with E-state index in [0.717, 1.165) is 5.56 Å². The molecule has 2 aromatic rings. The molecule has 0 aliphatic carbocycles. The third-order valence-corrected chi connectivity index (χ3v) is 2.67. The lowest BCUT2D eigenvalue weighted by molar-refractivity contribution is 0.102. The maximum absolute atomic E-state index is 12.0. The van der Waals surface area contributed by atoms with Gasteiger partial charge in [-0.3, -0.25) is 9.78 Å². The zero-order valence-corrected chi connectivity index (χ0v) is 10.4. The monoisotopic (exact) mass is 262 g/mol. The Bertz CT molecular complexity index is 600. The largest absolute Gasteiger partial charge is 0.384 e. The predicted octanol–water partition coefficient (Wildman–Crippen LogP) is 2.27. The van der Waals surface area contributed by atoms with E-state index in [1.807, 2.05) is 6.92 Å². The average molecular weight is 263 g/mol. The number of amides is 1. The fourth-order valence-corrected chi connectivity index (χ4v) is 1.58. The summed E-state index contributed by atoms with van der Waals surface area (Å²) < 4.78 is 0. The van der Waals surface area contributed by atoms with Crippen LogP contribution in [-0.4, -0.2) is 15.9 Å². The Morgan fingerprint density at radius 3 is 2.89 bits per heavy atom. The summed E-state index contributed by atoms with van der Waals surface area (Å²) in [6.07, 6.45) is 3.21. The summed E-state index contributed by atoms with van der Waals surface area (Å²) in [4.78, 5) is 19.8. The Morgan fingerprint density at radius 2 is 2.17 bits per heavy atom. The molecule has 1 amide bonds. The molecule has 18 heavy (non-hydrogen) atoms. The van der Waals surface area contributed by atoms with Gasteiger partial charge >= 0.3 is 0 Å². The minimum atomic E-state index is -0.414. The van der Waals surface area contributed by atoms with Crippen LogP contribution >= 0.6 is 11.6 Å².